The number of aliphatic hydroxyl groups excluding tert-OH is 1. The van der Waals surface area contributed by atoms with E-state index in [1.807, 2.05) is 89.8 Å². The SMILES string of the molecule is O=C(c1ccccc1)[C@H]1[C@H](c2ccccc2)C[C@H](O)N1c1ccc(Br)cc1. The number of aliphatic hydroxyl groups is 1. The Labute approximate surface area is 167 Å². The summed E-state index contributed by atoms with van der Waals surface area (Å²) in [6.45, 7) is 0. The van der Waals surface area contributed by atoms with Crippen LogP contribution in [0.3, 0.4) is 0 Å². The fraction of sp³-hybridized carbons (Fsp3) is 0.174. The first-order valence-electron chi connectivity index (χ1n) is 9.01. The van der Waals surface area contributed by atoms with Crippen LogP contribution in [0.4, 0.5) is 5.69 Å². The van der Waals surface area contributed by atoms with E-state index < -0.39 is 12.3 Å². The van der Waals surface area contributed by atoms with Crippen LogP contribution in [0.5, 0.6) is 0 Å². The van der Waals surface area contributed by atoms with Crippen LogP contribution in [0.25, 0.3) is 0 Å². The lowest BCUT2D eigenvalue weighted by Crippen LogP contribution is -2.42. The molecular formula is C23H20BrNO2. The average molecular weight is 422 g/mol. The highest BCUT2D eigenvalue weighted by atomic mass is 79.9. The molecule has 0 saturated carbocycles. The van der Waals surface area contributed by atoms with E-state index in [1.54, 1.807) is 0 Å². The molecule has 1 N–H and O–H groups in total. The lowest BCUT2D eigenvalue weighted by atomic mass is 9.87. The van der Waals surface area contributed by atoms with Crippen molar-refractivity contribution < 1.29 is 9.90 Å². The van der Waals surface area contributed by atoms with Gasteiger partial charge in [0.2, 0.25) is 0 Å². The summed E-state index contributed by atoms with van der Waals surface area (Å²) in [6, 6.07) is 26.6. The number of hydrogen-bond donors (Lipinski definition) is 1. The van der Waals surface area contributed by atoms with Crippen LogP contribution in [0.15, 0.2) is 89.4 Å². The molecule has 1 aliphatic heterocycles. The monoisotopic (exact) mass is 421 g/mol. The van der Waals surface area contributed by atoms with Gasteiger partial charge in [0.25, 0.3) is 0 Å². The van der Waals surface area contributed by atoms with Crippen molar-refractivity contribution in [3.8, 4) is 0 Å². The Kier molecular flexibility index (Phi) is 5.10. The van der Waals surface area contributed by atoms with Gasteiger partial charge in [-0.2, -0.15) is 0 Å². The molecule has 0 amide bonds. The van der Waals surface area contributed by atoms with Crippen LogP contribution in [0, 0.1) is 0 Å². The van der Waals surface area contributed by atoms with E-state index in [1.165, 1.54) is 0 Å². The summed E-state index contributed by atoms with van der Waals surface area (Å²) >= 11 is 3.45. The van der Waals surface area contributed by atoms with Crippen LogP contribution in [-0.4, -0.2) is 23.2 Å². The van der Waals surface area contributed by atoms with E-state index in [-0.39, 0.29) is 11.7 Å². The molecule has 4 heteroatoms. The minimum absolute atomic E-state index is 0.0314. The number of carbonyl (C=O) groups excluding carboxylic acids is 1. The Bertz CT molecular complexity index is 912. The predicted octanol–water partition coefficient (Wildman–Crippen LogP) is 5.01. The Morgan fingerprint density at radius 1 is 0.889 bits per heavy atom. The molecule has 0 bridgehead atoms. The molecule has 27 heavy (non-hydrogen) atoms. The Morgan fingerprint density at radius 2 is 1.48 bits per heavy atom. The van der Waals surface area contributed by atoms with Gasteiger partial charge in [-0.1, -0.05) is 76.6 Å². The van der Waals surface area contributed by atoms with Crippen molar-refractivity contribution in [2.24, 2.45) is 0 Å². The second-order valence-corrected chi connectivity index (χ2v) is 7.71. The summed E-state index contributed by atoms with van der Waals surface area (Å²) in [6.07, 6.45) is -0.197. The standard InChI is InChI=1S/C23H20BrNO2/c24-18-11-13-19(14-12-18)25-21(26)15-20(16-7-3-1-4-8-16)22(25)23(27)17-9-5-2-6-10-17/h1-14,20-22,26H,15H2/t20-,21-,22+/m0/s1. The third-order valence-electron chi connectivity index (χ3n) is 5.15. The normalized spacial score (nSPS) is 22.0. The van der Waals surface area contributed by atoms with Crippen molar-refractivity contribution in [1.82, 2.24) is 0 Å². The predicted molar refractivity (Wildman–Crippen MR) is 111 cm³/mol. The number of rotatable bonds is 4. The summed E-state index contributed by atoms with van der Waals surface area (Å²) in [5, 5.41) is 10.9. The molecule has 136 valence electrons. The maximum absolute atomic E-state index is 13.5. The molecule has 3 aromatic carbocycles. The van der Waals surface area contributed by atoms with Crippen molar-refractivity contribution in [2.75, 3.05) is 4.90 Å². The Hall–Kier alpha value is -2.43. The molecule has 1 aliphatic rings. The molecule has 1 fully saturated rings. The molecule has 0 spiro atoms. The molecule has 3 atom stereocenters. The smallest absolute Gasteiger partial charge is 0.185 e. The third kappa shape index (κ3) is 3.55. The first kappa shape index (κ1) is 18.0. The van der Waals surface area contributed by atoms with Gasteiger partial charge in [0.15, 0.2) is 5.78 Å². The highest BCUT2D eigenvalue weighted by Gasteiger charge is 2.45. The lowest BCUT2D eigenvalue weighted by molar-refractivity contribution is 0.0946. The molecular weight excluding hydrogens is 402 g/mol. The lowest BCUT2D eigenvalue weighted by Gasteiger charge is -2.31. The first-order chi connectivity index (χ1) is 13.1. The average Bonchev–Trinajstić information content (AvgIpc) is 3.06. The van der Waals surface area contributed by atoms with Crippen molar-refractivity contribution >= 4 is 27.4 Å². The van der Waals surface area contributed by atoms with E-state index >= 15 is 0 Å². The second kappa shape index (κ2) is 7.67. The zero-order valence-electron chi connectivity index (χ0n) is 14.7. The van der Waals surface area contributed by atoms with Crippen LogP contribution in [-0.2, 0) is 0 Å². The van der Waals surface area contributed by atoms with Gasteiger partial charge in [0, 0.05) is 28.1 Å². The number of Topliss-reactive ketones (excluding diaryl/α,β-unsaturated/α-hetero) is 1. The quantitative estimate of drug-likeness (QED) is 0.601. The zero-order chi connectivity index (χ0) is 18.8. The largest absolute Gasteiger partial charge is 0.374 e. The van der Waals surface area contributed by atoms with Gasteiger partial charge < -0.3 is 10.0 Å². The van der Waals surface area contributed by atoms with Crippen molar-refractivity contribution in [3.05, 3.63) is 101 Å². The van der Waals surface area contributed by atoms with Gasteiger partial charge >= 0.3 is 0 Å². The van der Waals surface area contributed by atoms with E-state index in [0.29, 0.717) is 12.0 Å². The second-order valence-electron chi connectivity index (χ2n) is 6.79. The molecule has 4 rings (SSSR count). The van der Waals surface area contributed by atoms with Gasteiger partial charge in [-0.05, 0) is 29.8 Å². The molecule has 1 saturated heterocycles. The molecule has 3 aromatic rings. The number of halogens is 1. The van der Waals surface area contributed by atoms with Crippen LogP contribution in [0.2, 0.25) is 0 Å². The minimum atomic E-state index is -0.714. The van der Waals surface area contributed by atoms with Crippen LogP contribution in [0.1, 0.15) is 28.3 Å². The molecule has 1 heterocycles. The Morgan fingerprint density at radius 3 is 2.11 bits per heavy atom. The number of hydrogen-bond acceptors (Lipinski definition) is 3. The molecule has 0 radical (unpaired) electrons. The van der Waals surface area contributed by atoms with E-state index in [2.05, 4.69) is 15.9 Å². The number of anilines is 1. The molecule has 0 unspecified atom stereocenters. The highest BCUT2D eigenvalue weighted by Crippen LogP contribution is 2.41. The summed E-state index contributed by atoms with van der Waals surface area (Å²) in [5.41, 5.74) is 2.59. The maximum Gasteiger partial charge on any atom is 0.185 e. The third-order valence-corrected chi connectivity index (χ3v) is 5.67. The van der Waals surface area contributed by atoms with Crippen LogP contribution >= 0.6 is 15.9 Å². The summed E-state index contributed by atoms with van der Waals surface area (Å²) in [4.78, 5) is 15.3. The summed E-state index contributed by atoms with van der Waals surface area (Å²) in [7, 11) is 0. The summed E-state index contributed by atoms with van der Waals surface area (Å²) in [5.74, 6) is -0.0403. The minimum Gasteiger partial charge on any atom is -0.374 e. The fourth-order valence-corrected chi connectivity index (χ4v) is 4.16. The van der Waals surface area contributed by atoms with Gasteiger partial charge in [-0.3, -0.25) is 4.79 Å². The number of carbonyl (C=O) groups is 1. The first-order valence-corrected chi connectivity index (χ1v) is 9.80. The van der Waals surface area contributed by atoms with E-state index in [0.717, 1.165) is 15.7 Å². The van der Waals surface area contributed by atoms with Gasteiger partial charge in [0.1, 0.15) is 12.3 Å². The fourth-order valence-electron chi connectivity index (χ4n) is 3.90. The van der Waals surface area contributed by atoms with Crippen LogP contribution < -0.4 is 4.90 Å². The van der Waals surface area contributed by atoms with E-state index in [9.17, 15) is 9.90 Å². The van der Waals surface area contributed by atoms with Crippen molar-refractivity contribution in [2.45, 2.75) is 24.6 Å². The number of nitrogens with zero attached hydrogens (tertiary/aromatic N) is 1. The maximum atomic E-state index is 13.5. The molecule has 0 aromatic heterocycles. The van der Waals surface area contributed by atoms with Gasteiger partial charge in [0.05, 0.1) is 0 Å². The Balaban J connectivity index is 1.79. The van der Waals surface area contributed by atoms with Gasteiger partial charge in [-0.15, -0.1) is 0 Å². The molecule has 0 aliphatic carbocycles. The zero-order valence-corrected chi connectivity index (χ0v) is 16.3. The van der Waals surface area contributed by atoms with Crippen molar-refractivity contribution in [3.63, 3.8) is 0 Å². The number of benzene rings is 3. The molecule has 3 nitrogen and oxygen atoms in total. The topological polar surface area (TPSA) is 40.5 Å². The van der Waals surface area contributed by atoms with Gasteiger partial charge in [-0.25, -0.2) is 0 Å². The number of ketones is 1. The highest BCUT2D eigenvalue weighted by molar-refractivity contribution is 9.10. The summed E-state index contributed by atoms with van der Waals surface area (Å²) < 4.78 is 0.963. The van der Waals surface area contributed by atoms with E-state index in [4.69, 9.17) is 0 Å². The van der Waals surface area contributed by atoms with Crippen molar-refractivity contribution in [1.29, 1.82) is 0 Å².